The molecule has 1 aromatic heterocycles. The van der Waals surface area contributed by atoms with E-state index in [0.717, 1.165) is 18.9 Å². The van der Waals surface area contributed by atoms with Crippen LogP contribution in [0.2, 0.25) is 0 Å². The third-order valence-electron chi connectivity index (χ3n) is 2.01. The third-order valence-corrected chi connectivity index (χ3v) is 2.01. The van der Waals surface area contributed by atoms with Gasteiger partial charge in [-0.1, -0.05) is 0 Å². The van der Waals surface area contributed by atoms with Crippen LogP contribution in [0.5, 0.6) is 0 Å². The van der Waals surface area contributed by atoms with Crippen LogP contribution in [-0.4, -0.2) is 33.3 Å². The molecule has 0 aliphatic rings. The van der Waals surface area contributed by atoms with Crippen molar-refractivity contribution >= 4 is 0 Å². The normalized spacial score (nSPS) is 12.0. The van der Waals surface area contributed by atoms with Gasteiger partial charge in [0.05, 0.1) is 5.60 Å². The summed E-state index contributed by atoms with van der Waals surface area (Å²) in [6, 6.07) is 0. The van der Waals surface area contributed by atoms with Crippen molar-refractivity contribution in [2.45, 2.75) is 32.9 Å². The summed E-state index contributed by atoms with van der Waals surface area (Å²) in [5, 5.41) is 12.6. The molecule has 0 aromatic carbocycles. The van der Waals surface area contributed by atoms with Gasteiger partial charge < -0.3 is 15.0 Å². The largest absolute Gasteiger partial charge is 0.389 e. The summed E-state index contributed by atoms with van der Waals surface area (Å²) in [4.78, 5) is 4.13. The van der Waals surface area contributed by atoms with Gasteiger partial charge in [-0.15, -0.1) is 0 Å². The molecule has 0 fully saturated rings. The predicted molar refractivity (Wildman–Crippen MR) is 56.1 cm³/mol. The molecule has 14 heavy (non-hydrogen) atoms. The van der Waals surface area contributed by atoms with E-state index in [4.69, 9.17) is 0 Å². The monoisotopic (exact) mass is 197 g/mol. The zero-order valence-corrected chi connectivity index (χ0v) is 9.12. The standard InChI is InChI=1S/C10H19N3O/c1-9-12-5-7-13(9)6-4-11-8-10(2,3)14/h5,7,11,14H,4,6,8H2,1-3H3. The van der Waals surface area contributed by atoms with Crippen LogP contribution < -0.4 is 5.32 Å². The maximum absolute atomic E-state index is 9.45. The Morgan fingerprint density at radius 2 is 2.29 bits per heavy atom. The zero-order chi connectivity index (χ0) is 10.6. The molecule has 1 rings (SSSR count). The number of nitrogens with one attached hydrogen (secondary N) is 1. The molecule has 0 aliphatic carbocycles. The minimum absolute atomic E-state index is 0.612. The molecule has 1 heterocycles. The number of aromatic nitrogens is 2. The van der Waals surface area contributed by atoms with Crippen molar-refractivity contribution in [3.8, 4) is 0 Å². The highest BCUT2D eigenvalue weighted by atomic mass is 16.3. The van der Waals surface area contributed by atoms with Crippen molar-refractivity contribution in [1.82, 2.24) is 14.9 Å². The fourth-order valence-corrected chi connectivity index (χ4v) is 1.23. The summed E-state index contributed by atoms with van der Waals surface area (Å²) in [7, 11) is 0. The van der Waals surface area contributed by atoms with Gasteiger partial charge in [0.2, 0.25) is 0 Å². The number of aryl methyl sites for hydroxylation is 1. The number of hydrogen-bond acceptors (Lipinski definition) is 3. The lowest BCUT2D eigenvalue weighted by Gasteiger charge is -2.17. The van der Waals surface area contributed by atoms with Crippen LogP contribution in [0.4, 0.5) is 0 Å². The van der Waals surface area contributed by atoms with Crippen molar-refractivity contribution in [3.05, 3.63) is 18.2 Å². The number of imidazole rings is 1. The van der Waals surface area contributed by atoms with E-state index in [1.165, 1.54) is 0 Å². The van der Waals surface area contributed by atoms with E-state index in [1.54, 1.807) is 20.0 Å². The third kappa shape index (κ3) is 3.89. The first-order valence-corrected chi connectivity index (χ1v) is 4.90. The fraction of sp³-hybridized carbons (Fsp3) is 0.700. The zero-order valence-electron chi connectivity index (χ0n) is 9.12. The summed E-state index contributed by atoms with van der Waals surface area (Å²) in [5.74, 6) is 1.02. The van der Waals surface area contributed by atoms with Gasteiger partial charge in [0.1, 0.15) is 5.82 Å². The Morgan fingerprint density at radius 3 is 2.79 bits per heavy atom. The van der Waals surface area contributed by atoms with E-state index in [9.17, 15) is 5.11 Å². The van der Waals surface area contributed by atoms with Crippen molar-refractivity contribution in [2.24, 2.45) is 0 Å². The molecule has 4 nitrogen and oxygen atoms in total. The first-order chi connectivity index (χ1) is 6.49. The van der Waals surface area contributed by atoms with E-state index in [1.807, 2.05) is 13.1 Å². The average molecular weight is 197 g/mol. The van der Waals surface area contributed by atoms with Gasteiger partial charge in [-0.25, -0.2) is 4.98 Å². The summed E-state index contributed by atoms with van der Waals surface area (Å²) >= 11 is 0. The van der Waals surface area contributed by atoms with Crippen molar-refractivity contribution in [3.63, 3.8) is 0 Å². The van der Waals surface area contributed by atoms with Crippen LogP contribution in [0.25, 0.3) is 0 Å². The van der Waals surface area contributed by atoms with Crippen LogP contribution in [0.15, 0.2) is 12.4 Å². The quantitative estimate of drug-likeness (QED) is 0.678. The Morgan fingerprint density at radius 1 is 1.57 bits per heavy atom. The molecule has 0 amide bonds. The van der Waals surface area contributed by atoms with Gasteiger partial charge in [-0.2, -0.15) is 0 Å². The lowest BCUT2D eigenvalue weighted by atomic mass is 10.1. The second kappa shape index (κ2) is 4.57. The van der Waals surface area contributed by atoms with Gasteiger partial charge in [0.15, 0.2) is 0 Å². The lowest BCUT2D eigenvalue weighted by Crippen LogP contribution is -2.36. The Kier molecular flexibility index (Phi) is 3.66. The average Bonchev–Trinajstić information content (AvgIpc) is 2.44. The Balaban J connectivity index is 2.20. The number of nitrogens with zero attached hydrogens (tertiary/aromatic N) is 2. The second-order valence-electron chi connectivity index (χ2n) is 4.16. The SMILES string of the molecule is Cc1nccn1CCNCC(C)(C)O. The van der Waals surface area contributed by atoms with E-state index in [-0.39, 0.29) is 0 Å². The van der Waals surface area contributed by atoms with Gasteiger partial charge in [0.25, 0.3) is 0 Å². The maximum atomic E-state index is 9.45. The van der Waals surface area contributed by atoms with Gasteiger partial charge in [0, 0.05) is 32.0 Å². The molecule has 80 valence electrons. The highest BCUT2D eigenvalue weighted by molar-refractivity contribution is 4.88. The fourth-order valence-electron chi connectivity index (χ4n) is 1.23. The topological polar surface area (TPSA) is 50.1 Å². The highest BCUT2D eigenvalue weighted by Gasteiger charge is 2.10. The number of hydrogen-bond donors (Lipinski definition) is 2. The predicted octanol–water partition coefficient (Wildman–Crippen LogP) is 0.552. The first kappa shape index (κ1) is 11.2. The molecule has 0 radical (unpaired) electrons. The van der Waals surface area contributed by atoms with Crippen LogP contribution >= 0.6 is 0 Å². The molecular weight excluding hydrogens is 178 g/mol. The molecule has 4 heteroatoms. The van der Waals surface area contributed by atoms with Crippen molar-refractivity contribution in [1.29, 1.82) is 0 Å². The molecule has 0 aliphatic heterocycles. The second-order valence-corrected chi connectivity index (χ2v) is 4.16. The molecule has 0 bridgehead atoms. The van der Waals surface area contributed by atoms with Crippen molar-refractivity contribution in [2.75, 3.05) is 13.1 Å². The van der Waals surface area contributed by atoms with E-state index in [0.29, 0.717) is 6.54 Å². The Labute approximate surface area is 85.0 Å². The molecule has 0 unspecified atom stereocenters. The maximum Gasteiger partial charge on any atom is 0.105 e. The molecule has 0 saturated carbocycles. The lowest BCUT2D eigenvalue weighted by molar-refractivity contribution is 0.0797. The highest BCUT2D eigenvalue weighted by Crippen LogP contribution is 1.97. The minimum Gasteiger partial charge on any atom is -0.389 e. The summed E-state index contributed by atoms with van der Waals surface area (Å²) in [5.41, 5.74) is -0.635. The number of rotatable bonds is 5. The van der Waals surface area contributed by atoms with Crippen LogP contribution in [0, 0.1) is 6.92 Å². The summed E-state index contributed by atoms with van der Waals surface area (Å²) in [6.45, 7) is 7.92. The smallest absolute Gasteiger partial charge is 0.105 e. The Hall–Kier alpha value is -0.870. The summed E-state index contributed by atoms with van der Waals surface area (Å²) < 4.78 is 2.08. The van der Waals surface area contributed by atoms with Crippen LogP contribution in [0.1, 0.15) is 19.7 Å². The van der Waals surface area contributed by atoms with Crippen LogP contribution in [-0.2, 0) is 6.54 Å². The molecule has 0 spiro atoms. The molecule has 1 aromatic rings. The molecule has 2 N–H and O–H groups in total. The first-order valence-electron chi connectivity index (χ1n) is 4.90. The van der Waals surface area contributed by atoms with Crippen LogP contribution in [0.3, 0.4) is 0 Å². The molecule has 0 atom stereocenters. The molecule has 0 saturated heterocycles. The van der Waals surface area contributed by atoms with E-state index >= 15 is 0 Å². The van der Waals surface area contributed by atoms with E-state index < -0.39 is 5.60 Å². The summed E-state index contributed by atoms with van der Waals surface area (Å²) in [6.07, 6.45) is 3.76. The van der Waals surface area contributed by atoms with Crippen molar-refractivity contribution < 1.29 is 5.11 Å². The minimum atomic E-state index is -0.635. The molecular formula is C10H19N3O. The number of aliphatic hydroxyl groups is 1. The van der Waals surface area contributed by atoms with Gasteiger partial charge >= 0.3 is 0 Å². The Bertz CT molecular complexity index is 275. The van der Waals surface area contributed by atoms with Gasteiger partial charge in [-0.3, -0.25) is 0 Å². The van der Waals surface area contributed by atoms with E-state index in [2.05, 4.69) is 14.9 Å². The van der Waals surface area contributed by atoms with Gasteiger partial charge in [-0.05, 0) is 20.8 Å².